The average molecular weight is 269 g/mol. The van der Waals surface area contributed by atoms with E-state index in [9.17, 15) is 9.90 Å². The summed E-state index contributed by atoms with van der Waals surface area (Å²) in [6, 6.07) is 5.13. The van der Waals surface area contributed by atoms with Gasteiger partial charge in [0.05, 0.1) is 5.56 Å². The first-order chi connectivity index (χ1) is 8.66. The molecule has 1 amide bonds. The van der Waals surface area contributed by atoms with E-state index >= 15 is 0 Å². The standard InChI is InChI=1S/C13H17ClN2O2/c14-9-2-5-12(17)11(8-9)13(18)16-7-1-6-15-10-3-4-10/h2,5,8,10,15,17H,1,3-4,6-7H2,(H,16,18). The molecule has 2 rings (SSSR count). The van der Waals surface area contributed by atoms with Crippen LogP contribution < -0.4 is 10.6 Å². The van der Waals surface area contributed by atoms with E-state index in [1.807, 2.05) is 0 Å². The van der Waals surface area contributed by atoms with Crippen molar-refractivity contribution >= 4 is 17.5 Å². The molecule has 0 heterocycles. The Kier molecular flexibility index (Phi) is 4.44. The number of halogens is 1. The Morgan fingerprint density at radius 2 is 2.17 bits per heavy atom. The number of hydrogen-bond donors (Lipinski definition) is 3. The van der Waals surface area contributed by atoms with Crippen LogP contribution in [0.4, 0.5) is 0 Å². The third-order valence-electron chi connectivity index (χ3n) is 2.85. The number of aromatic hydroxyl groups is 1. The van der Waals surface area contributed by atoms with Crippen molar-refractivity contribution in [2.45, 2.75) is 25.3 Å². The zero-order chi connectivity index (χ0) is 13.0. The van der Waals surface area contributed by atoms with Crippen molar-refractivity contribution in [1.29, 1.82) is 0 Å². The van der Waals surface area contributed by atoms with E-state index < -0.39 is 0 Å². The number of phenols is 1. The maximum Gasteiger partial charge on any atom is 0.255 e. The molecule has 0 aliphatic heterocycles. The lowest BCUT2D eigenvalue weighted by Gasteiger charge is -2.07. The highest BCUT2D eigenvalue weighted by molar-refractivity contribution is 6.31. The van der Waals surface area contributed by atoms with Gasteiger partial charge in [-0.05, 0) is 44.0 Å². The number of carbonyl (C=O) groups is 1. The summed E-state index contributed by atoms with van der Waals surface area (Å²) < 4.78 is 0. The van der Waals surface area contributed by atoms with Crippen molar-refractivity contribution < 1.29 is 9.90 Å². The Hall–Kier alpha value is -1.26. The van der Waals surface area contributed by atoms with Crippen LogP contribution in [0.1, 0.15) is 29.6 Å². The van der Waals surface area contributed by atoms with Gasteiger partial charge < -0.3 is 15.7 Å². The van der Waals surface area contributed by atoms with Crippen molar-refractivity contribution in [2.24, 2.45) is 0 Å². The summed E-state index contributed by atoms with van der Waals surface area (Å²) in [6.45, 7) is 1.50. The van der Waals surface area contributed by atoms with Gasteiger partial charge in [-0.3, -0.25) is 4.79 Å². The lowest BCUT2D eigenvalue weighted by Crippen LogP contribution is -2.28. The summed E-state index contributed by atoms with van der Waals surface area (Å²) in [6.07, 6.45) is 3.41. The summed E-state index contributed by atoms with van der Waals surface area (Å²) in [5, 5.41) is 16.1. The van der Waals surface area contributed by atoms with Gasteiger partial charge in [0.2, 0.25) is 0 Å². The average Bonchev–Trinajstić information content (AvgIpc) is 3.15. The lowest BCUT2D eigenvalue weighted by atomic mass is 10.2. The van der Waals surface area contributed by atoms with Gasteiger partial charge in [-0.1, -0.05) is 11.6 Å². The summed E-state index contributed by atoms with van der Waals surface area (Å²) in [5.74, 6) is -0.338. The number of carbonyl (C=O) groups excluding carboxylic acids is 1. The van der Waals surface area contributed by atoms with Gasteiger partial charge in [0.15, 0.2) is 0 Å². The molecule has 18 heavy (non-hydrogen) atoms. The Morgan fingerprint density at radius 1 is 1.39 bits per heavy atom. The smallest absolute Gasteiger partial charge is 0.255 e. The number of phenolic OH excluding ortho intramolecular Hbond substituents is 1. The maximum atomic E-state index is 11.8. The molecular formula is C13H17ClN2O2. The second-order valence-corrected chi connectivity index (χ2v) is 4.94. The van der Waals surface area contributed by atoms with Crippen molar-refractivity contribution in [3.63, 3.8) is 0 Å². The summed E-state index contributed by atoms with van der Waals surface area (Å²) in [5.41, 5.74) is 0.220. The van der Waals surface area contributed by atoms with Crippen LogP contribution >= 0.6 is 11.6 Å². The summed E-state index contributed by atoms with van der Waals surface area (Å²) >= 11 is 5.79. The lowest BCUT2D eigenvalue weighted by molar-refractivity contribution is 0.0950. The zero-order valence-corrected chi connectivity index (χ0v) is 10.8. The Morgan fingerprint density at radius 3 is 2.89 bits per heavy atom. The number of nitrogens with one attached hydrogen (secondary N) is 2. The van der Waals surface area contributed by atoms with Crippen molar-refractivity contribution in [3.05, 3.63) is 28.8 Å². The van der Waals surface area contributed by atoms with Gasteiger partial charge in [0, 0.05) is 17.6 Å². The van der Waals surface area contributed by atoms with Gasteiger partial charge in [-0.15, -0.1) is 0 Å². The van der Waals surface area contributed by atoms with Crippen LogP contribution in [0.5, 0.6) is 5.75 Å². The van der Waals surface area contributed by atoms with Crippen LogP contribution in [-0.4, -0.2) is 30.1 Å². The molecule has 0 saturated heterocycles. The molecule has 0 atom stereocenters. The first-order valence-corrected chi connectivity index (χ1v) is 6.54. The van der Waals surface area contributed by atoms with Crippen molar-refractivity contribution in [1.82, 2.24) is 10.6 Å². The van der Waals surface area contributed by atoms with Crippen LogP contribution in [0.15, 0.2) is 18.2 Å². The molecule has 1 fully saturated rings. The molecular weight excluding hydrogens is 252 g/mol. The fourth-order valence-corrected chi connectivity index (χ4v) is 1.84. The number of hydrogen-bond acceptors (Lipinski definition) is 3. The molecule has 1 aliphatic rings. The maximum absolute atomic E-state index is 11.8. The highest BCUT2D eigenvalue weighted by atomic mass is 35.5. The molecule has 1 aliphatic carbocycles. The molecule has 0 radical (unpaired) electrons. The first-order valence-electron chi connectivity index (χ1n) is 6.17. The van der Waals surface area contributed by atoms with Gasteiger partial charge in [0.1, 0.15) is 5.75 Å². The van der Waals surface area contributed by atoms with Gasteiger partial charge in [-0.2, -0.15) is 0 Å². The van der Waals surface area contributed by atoms with E-state index in [-0.39, 0.29) is 17.2 Å². The molecule has 0 unspecified atom stereocenters. The molecule has 1 saturated carbocycles. The molecule has 0 aromatic heterocycles. The highest BCUT2D eigenvalue weighted by Crippen LogP contribution is 2.21. The Bertz CT molecular complexity index is 433. The number of benzene rings is 1. The topological polar surface area (TPSA) is 61.4 Å². The molecule has 1 aromatic rings. The van der Waals surface area contributed by atoms with Crippen LogP contribution in [0.2, 0.25) is 5.02 Å². The van der Waals surface area contributed by atoms with Crippen molar-refractivity contribution in [2.75, 3.05) is 13.1 Å². The van der Waals surface area contributed by atoms with E-state index in [0.29, 0.717) is 17.6 Å². The number of amides is 1. The van der Waals surface area contributed by atoms with Crippen molar-refractivity contribution in [3.8, 4) is 5.75 Å². The van der Waals surface area contributed by atoms with Crippen LogP contribution in [0.3, 0.4) is 0 Å². The SMILES string of the molecule is O=C(NCCCNC1CC1)c1cc(Cl)ccc1O. The predicted molar refractivity (Wildman–Crippen MR) is 71.1 cm³/mol. The Balaban J connectivity index is 1.74. The molecule has 0 spiro atoms. The fraction of sp³-hybridized carbons (Fsp3) is 0.462. The van der Waals surface area contributed by atoms with Crippen LogP contribution in [-0.2, 0) is 0 Å². The molecule has 5 heteroatoms. The summed E-state index contributed by atoms with van der Waals surface area (Å²) in [7, 11) is 0. The molecule has 98 valence electrons. The fourth-order valence-electron chi connectivity index (χ4n) is 1.67. The van der Waals surface area contributed by atoms with Gasteiger partial charge in [-0.25, -0.2) is 0 Å². The van der Waals surface area contributed by atoms with E-state index in [0.717, 1.165) is 13.0 Å². The number of rotatable bonds is 6. The second kappa shape index (κ2) is 6.07. The van der Waals surface area contributed by atoms with E-state index in [4.69, 9.17) is 11.6 Å². The molecule has 3 N–H and O–H groups in total. The normalized spacial score (nSPS) is 14.5. The molecule has 4 nitrogen and oxygen atoms in total. The Labute approximate surface area is 111 Å². The summed E-state index contributed by atoms with van der Waals surface area (Å²) in [4.78, 5) is 11.8. The van der Waals surface area contributed by atoms with Gasteiger partial charge in [0.25, 0.3) is 5.91 Å². The van der Waals surface area contributed by atoms with Crippen LogP contribution in [0, 0.1) is 0 Å². The van der Waals surface area contributed by atoms with E-state index in [1.165, 1.54) is 25.0 Å². The minimum absolute atomic E-state index is 0.0481. The second-order valence-electron chi connectivity index (χ2n) is 4.50. The third-order valence-corrected chi connectivity index (χ3v) is 3.09. The minimum atomic E-state index is -0.290. The van der Waals surface area contributed by atoms with Crippen LogP contribution in [0.25, 0.3) is 0 Å². The quantitative estimate of drug-likeness (QED) is 0.691. The highest BCUT2D eigenvalue weighted by Gasteiger charge is 2.19. The van der Waals surface area contributed by atoms with Gasteiger partial charge >= 0.3 is 0 Å². The molecule has 0 bridgehead atoms. The van der Waals surface area contributed by atoms with E-state index in [1.54, 1.807) is 6.07 Å². The first kappa shape index (κ1) is 13.2. The molecule has 1 aromatic carbocycles. The predicted octanol–water partition coefficient (Wildman–Crippen LogP) is 1.92. The zero-order valence-electron chi connectivity index (χ0n) is 10.1. The monoisotopic (exact) mass is 268 g/mol. The third kappa shape index (κ3) is 3.89. The largest absolute Gasteiger partial charge is 0.507 e. The minimum Gasteiger partial charge on any atom is -0.507 e. The van der Waals surface area contributed by atoms with E-state index in [2.05, 4.69) is 10.6 Å².